The summed E-state index contributed by atoms with van der Waals surface area (Å²) in [6.07, 6.45) is 0.0944. The van der Waals surface area contributed by atoms with Gasteiger partial charge in [-0.05, 0) is 32.4 Å². The zero-order chi connectivity index (χ0) is 25.5. The summed E-state index contributed by atoms with van der Waals surface area (Å²) in [6, 6.07) is 1.49. The Bertz CT molecular complexity index is 1230. The molecule has 13 heteroatoms. The van der Waals surface area contributed by atoms with Crippen molar-refractivity contribution in [2.75, 3.05) is 22.6 Å². The van der Waals surface area contributed by atoms with E-state index >= 15 is 0 Å². The molecular weight excluding hydrogens is 465 g/mol. The molecule has 1 atom stereocenters. The Hall–Kier alpha value is -3.74. The molecule has 0 aliphatic carbocycles. The summed E-state index contributed by atoms with van der Waals surface area (Å²) in [5.41, 5.74) is 0.214. The van der Waals surface area contributed by atoms with Crippen molar-refractivity contribution < 1.29 is 23.1 Å². The maximum Gasteiger partial charge on any atom is 0.433 e. The fourth-order valence-electron chi connectivity index (χ4n) is 3.96. The van der Waals surface area contributed by atoms with E-state index in [9.17, 15) is 23.1 Å². The molecule has 10 nitrogen and oxygen atoms in total. The first-order chi connectivity index (χ1) is 16.3. The van der Waals surface area contributed by atoms with E-state index in [-0.39, 0.29) is 12.5 Å². The summed E-state index contributed by atoms with van der Waals surface area (Å²) in [7, 11) is 1.69. The predicted molar refractivity (Wildman–Crippen MR) is 122 cm³/mol. The average Bonchev–Trinajstić information content (AvgIpc) is 3.19. The maximum atomic E-state index is 12.7. The number of hydrogen-bond donors (Lipinski definition) is 3. The Morgan fingerprint density at radius 1 is 1.17 bits per heavy atom. The number of fused-ring (bicyclic) bond motifs is 1. The van der Waals surface area contributed by atoms with Crippen molar-refractivity contribution in [1.82, 2.24) is 24.7 Å². The van der Waals surface area contributed by atoms with Gasteiger partial charge in [0.1, 0.15) is 17.4 Å². The van der Waals surface area contributed by atoms with Crippen molar-refractivity contribution in [3.63, 3.8) is 0 Å². The third kappa shape index (κ3) is 5.19. The number of alkyl halides is 3. The molecule has 0 bridgehead atoms. The first kappa shape index (κ1) is 24.4. The van der Waals surface area contributed by atoms with Gasteiger partial charge < -0.3 is 20.6 Å². The number of nitrogens with zero attached hydrogens (tertiary/aromatic N) is 6. The van der Waals surface area contributed by atoms with E-state index in [1.807, 2.05) is 0 Å². The Morgan fingerprint density at radius 3 is 2.54 bits per heavy atom. The number of nitrogens with one attached hydrogen (secondary N) is 2. The number of aryl methyl sites for hydroxylation is 1. The van der Waals surface area contributed by atoms with Crippen LogP contribution in [-0.2, 0) is 24.1 Å². The highest BCUT2D eigenvalue weighted by atomic mass is 19.4. The second-order valence-electron chi connectivity index (χ2n) is 8.94. The average molecular weight is 490 g/mol. The summed E-state index contributed by atoms with van der Waals surface area (Å²) in [4.78, 5) is 26.5. The first-order valence-electron chi connectivity index (χ1n) is 10.7. The van der Waals surface area contributed by atoms with Crippen LogP contribution >= 0.6 is 0 Å². The lowest BCUT2D eigenvalue weighted by molar-refractivity contribution is -0.141. The minimum Gasteiger partial charge on any atom is -0.388 e. The van der Waals surface area contributed by atoms with Crippen LogP contribution in [0.3, 0.4) is 0 Å². The Balaban J connectivity index is 1.44. The minimum atomic E-state index is -4.48. The third-order valence-electron chi connectivity index (χ3n) is 5.56. The van der Waals surface area contributed by atoms with E-state index in [1.165, 1.54) is 12.3 Å². The zero-order valence-electron chi connectivity index (χ0n) is 19.6. The van der Waals surface area contributed by atoms with Crippen LogP contribution in [0.5, 0.6) is 0 Å². The van der Waals surface area contributed by atoms with E-state index in [0.717, 1.165) is 11.6 Å². The van der Waals surface area contributed by atoms with Gasteiger partial charge in [-0.3, -0.25) is 14.5 Å². The maximum absolute atomic E-state index is 12.7. The highest BCUT2D eigenvalue weighted by Crippen LogP contribution is 2.35. The summed E-state index contributed by atoms with van der Waals surface area (Å²) >= 11 is 0. The van der Waals surface area contributed by atoms with Gasteiger partial charge in [-0.2, -0.15) is 23.3 Å². The van der Waals surface area contributed by atoms with Crippen molar-refractivity contribution in [2.45, 2.75) is 51.7 Å². The van der Waals surface area contributed by atoms with Gasteiger partial charge in [0.15, 0.2) is 5.82 Å². The van der Waals surface area contributed by atoms with E-state index in [0.29, 0.717) is 35.3 Å². The number of amides is 1. The van der Waals surface area contributed by atoms with Gasteiger partial charge in [-0.25, -0.2) is 4.98 Å². The number of aromatic nitrogens is 5. The third-order valence-corrected chi connectivity index (χ3v) is 5.56. The number of aliphatic hydroxyl groups is 1. The topological polar surface area (TPSA) is 121 Å². The van der Waals surface area contributed by atoms with Crippen molar-refractivity contribution >= 4 is 23.4 Å². The van der Waals surface area contributed by atoms with E-state index in [2.05, 4.69) is 30.7 Å². The highest BCUT2D eigenvalue weighted by molar-refractivity contribution is 6.04. The number of halogens is 3. The van der Waals surface area contributed by atoms with Gasteiger partial charge in [0.05, 0.1) is 24.0 Å². The second kappa shape index (κ2) is 8.80. The number of rotatable bonds is 6. The molecule has 3 aromatic heterocycles. The summed E-state index contributed by atoms with van der Waals surface area (Å²) in [5.74, 6) is 0.478. The smallest absolute Gasteiger partial charge is 0.388 e. The second-order valence-corrected chi connectivity index (χ2v) is 8.94. The van der Waals surface area contributed by atoms with Crippen LogP contribution in [0.4, 0.5) is 30.6 Å². The lowest BCUT2D eigenvalue weighted by atomic mass is 9.95. The Labute approximate surface area is 199 Å². The van der Waals surface area contributed by atoms with Crippen LogP contribution in [0, 0.1) is 6.92 Å². The fraction of sp³-hybridized carbons (Fsp3) is 0.409. The molecule has 0 aromatic carbocycles. The number of hydrogen-bond acceptors (Lipinski definition) is 8. The normalized spacial score (nSPS) is 16.2. The van der Waals surface area contributed by atoms with Gasteiger partial charge in [-0.15, -0.1) is 0 Å². The van der Waals surface area contributed by atoms with Crippen LogP contribution < -0.4 is 15.5 Å². The standard InChI is InChI=1S/C22H25F3N8O2/c1-12-16-18(32(4)17(19(34)30-16)21(2,3)35)31-20(29-12)27-8-14-9-28-33(11-14)10-13-5-6-15(26-7-13)22(23,24)25/h5-7,9,11,17,35H,8,10H2,1-4H3,(H,30,34)(H,27,29,31)/t17-/m1/s1. The molecule has 0 saturated carbocycles. The molecule has 4 heterocycles. The zero-order valence-corrected chi connectivity index (χ0v) is 19.6. The number of carbonyl (C=O) groups is 1. The van der Waals surface area contributed by atoms with Crippen molar-refractivity contribution in [3.8, 4) is 0 Å². The lowest BCUT2D eigenvalue weighted by Gasteiger charge is -2.40. The molecule has 35 heavy (non-hydrogen) atoms. The summed E-state index contributed by atoms with van der Waals surface area (Å²) in [5, 5.41) is 20.6. The Morgan fingerprint density at radius 2 is 1.91 bits per heavy atom. The monoisotopic (exact) mass is 490 g/mol. The molecule has 1 amide bonds. The predicted octanol–water partition coefficient (Wildman–Crippen LogP) is 2.58. The molecule has 0 fully saturated rings. The molecule has 1 aliphatic heterocycles. The number of pyridine rings is 1. The first-order valence-corrected chi connectivity index (χ1v) is 10.7. The Kier molecular flexibility index (Phi) is 6.13. The van der Waals surface area contributed by atoms with Crippen LogP contribution in [0.1, 0.15) is 36.4 Å². The molecule has 0 unspecified atom stereocenters. The molecule has 1 aliphatic rings. The molecule has 0 spiro atoms. The van der Waals surface area contributed by atoms with Crippen molar-refractivity contribution in [1.29, 1.82) is 0 Å². The van der Waals surface area contributed by atoms with Crippen LogP contribution in [0.15, 0.2) is 30.7 Å². The molecule has 0 saturated heterocycles. The van der Waals surface area contributed by atoms with Crippen LogP contribution in [0.25, 0.3) is 0 Å². The number of likely N-dealkylation sites (N-methyl/N-ethyl adjacent to an activating group) is 1. The molecule has 3 N–H and O–H groups in total. The minimum absolute atomic E-state index is 0.266. The van der Waals surface area contributed by atoms with Gasteiger partial charge in [0.2, 0.25) is 11.9 Å². The van der Waals surface area contributed by atoms with Crippen LogP contribution in [0.2, 0.25) is 0 Å². The fourth-order valence-corrected chi connectivity index (χ4v) is 3.96. The quantitative estimate of drug-likeness (QED) is 0.482. The number of anilines is 3. The molecular formula is C22H25F3N8O2. The highest BCUT2D eigenvalue weighted by Gasteiger charge is 2.42. The SMILES string of the molecule is Cc1nc(NCc2cnn(Cc3ccc(C(F)(F)F)nc3)c2)nc2c1NC(=O)[C@H](C(C)(C)O)N2C. The van der Waals surface area contributed by atoms with Crippen LogP contribution in [-0.4, -0.2) is 54.4 Å². The van der Waals surface area contributed by atoms with E-state index < -0.39 is 23.5 Å². The molecule has 4 rings (SSSR count). The van der Waals surface area contributed by atoms with E-state index in [4.69, 9.17) is 0 Å². The van der Waals surface area contributed by atoms with Gasteiger partial charge in [0, 0.05) is 31.5 Å². The van der Waals surface area contributed by atoms with Gasteiger partial charge in [0.25, 0.3) is 0 Å². The summed E-state index contributed by atoms with van der Waals surface area (Å²) in [6.45, 7) is 5.48. The van der Waals surface area contributed by atoms with Gasteiger partial charge >= 0.3 is 6.18 Å². The molecule has 3 aromatic rings. The largest absolute Gasteiger partial charge is 0.433 e. The van der Waals surface area contributed by atoms with Crippen molar-refractivity contribution in [3.05, 3.63) is 53.2 Å². The number of carbonyl (C=O) groups excluding carboxylic acids is 1. The van der Waals surface area contributed by atoms with Gasteiger partial charge in [-0.1, -0.05) is 6.07 Å². The van der Waals surface area contributed by atoms with E-state index in [1.54, 1.807) is 49.8 Å². The molecule has 186 valence electrons. The lowest BCUT2D eigenvalue weighted by Crippen LogP contribution is -2.57. The molecule has 0 radical (unpaired) electrons. The van der Waals surface area contributed by atoms with Crippen molar-refractivity contribution in [2.24, 2.45) is 0 Å². The summed E-state index contributed by atoms with van der Waals surface area (Å²) < 4.78 is 39.6.